The zero-order chi connectivity index (χ0) is 16.3. The number of azide groups is 1. The number of hydrogen-bond donors (Lipinski definition) is 1. The average Bonchev–Trinajstić information content (AvgIpc) is 2.84. The number of rotatable bonds is 4. The number of esters is 1. The van der Waals surface area contributed by atoms with Gasteiger partial charge in [-0.25, -0.2) is 4.79 Å². The van der Waals surface area contributed by atoms with Crippen molar-refractivity contribution in [1.82, 2.24) is 9.55 Å². The maximum absolute atomic E-state index is 11.9. The molecule has 0 unspecified atom stereocenters. The lowest BCUT2D eigenvalue weighted by Crippen LogP contribution is -2.33. The van der Waals surface area contributed by atoms with Crippen molar-refractivity contribution in [3.8, 4) is 0 Å². The quantitative estimate of drug-likeness (QED) is 0.370. The smallest absolute Gasteiger partial charge is 0.330 e. The van der Waals surface area contributed by atoms with Gasteiger partial charge in [-0.15, -0.1) is 0 Å². The van der Waals surface area contributed by atoms with Crippen LogP contribution < -0.4 is 11.2 Å². The second-order valence-corrected chi connectivity index (χ2v) is 4.92. The molecular formula is C12H15N5O5. The van der Waals surface area contributed by atoms with E-state index in [-0.39, 0.29) is 13.0 Å². The third kappa shape index (κ3) is 3.35. The summed E-state index contributed by atoms with van der Waals surface area (Å²) >= 11 is 0. The molecule has 2 rings (SSSR count). The summed E-state index contributed by atoms with van der Waals surface area (Å²) < 4.78 is 11.7. The molecule has 10 nitrogen and oxygen atoms in total. The van der Waals surface area contributed by atoms with Crippen LogP contribution >= 0.6 is 0 Å². The van der Waals surface area contributed by atoms with Crippen molar-refractivity contribution in [1.29, 1.82) is 0 Å². The van der Waals surface area contributed by atoms with E-state index in [2.05, 4.69) is 15.0 Å². The van der Waals surface area contributed by atoms with Gasteiger partial charge in [-0.3, -0.25) is 19.1 Å². The first-order valence-corrected chi connectivity index (χ1v) is 6.57. The molecule has 0 spiro atoms. The fourth-order valence-electron chi connectivity index (χ4n) is 2.22. The molecule has 3 atom stereocenters. The van der Waals surface area contributed by atoms with Crippen LogP contribution in [0.1, 0.15) is 25.1 Å². The highest BCUT2D eigenvalue weighted by atomic mass is 16.6. The van der Waals surface area contributed by atoms with Crippen molar-refractivity contribution in [2.75, 3.05) is 6.61 Å². The molecule has 0 bridgehead atoms. The summed E-state index contributed by atoms with van der Waals surface area (Å²) in [5.41, 5.74) is 7.86. The lowest BCUT2D eigenvalue weighted by molar-refractivity contribution is -0.146. The molecule has 0 aromatic carbocycles. The maximum atomic E-state index is 11.9. The molecule has 1 aromatic rings. The molecule has 0 aliphatic carbocycles. The number of aromatic amines is 1. The topological polar surface area (TPSA) is 139 Å². The zero-order valence-corrected chi connectivity index (χ0v) is 12.1. The van der Waals surface area contributed by atoms with E-state index in [9.17, 15) is 14.4 Å². The second-order valence-electron chi connectivity index (χ2n) is 4.92. The van der Waals surface area contributed by atoms with Crippen molar-refractivity contribution >= 4 is 5.97 Å². The molecule has 0 amide bonds. The highest BCUT2D eigenvalue weighted by Crippen LogP contribution is 2.30. The fourth-order valence-corrected chi connectivity index (χ4v) is 2.22. The Labute approximate surface area is 124 Å². The Hall–Kier alpha value is -2.58. The van der Waals surface area contributed by atoms with Crippen LogP contribution in [-0.2, 0) is 14.3 Å². The Morgan fingerprint density at radius 2 is 2.36 bits per heavy atom. The highest BCUT2D eigenvalue weighted by Gasteiger charge is 2.36. The van der Waals surface area contributed by atoms with Gasteiger partial charge in [0.1, 0.15) is 18.9 Å². The van der Waals surface area contributed by atoms with Crippen molar-refractivity contribution in [2.45, 2.75) is 38.6 Å². The molecule has 1 fully saturated rings. The summed E-state index contributed by atoms with van der Waals surface area (Å²) in [6.45, 7) is 2.74. The minimum atomic E-state index is -0.709. The lowest BCUT2D eigenvalue weighted by Gasteiger charge is -2.16. The van der Waals surface area contributed by atoms with Crippen LogP contribution in [0.4, 0.5) is 0 Å². The van der Waals surface area contributed by atoms with Gasteiger partial charge < -0.3 is 9.47 Å². The molecule has 1 saturated heterocycles. The molecule has 1 N–H and O–H groups in total. The van der Waals surface area contributed by atoms with Gasteiger partial charge in [-0.05, 0) is 12.5 Å². The minimum Gasteiger partial charge on any atom is -0.463 e. The normalized spacial score (nSPS) is 23.8. The Morgan fingerprint density at radius 1 is 1.64 bits per heavy atom. The van der Waals surface area contributed by atoms with E-state index >= 15 is 0 Å². The number of nitrogens with zero attached hydrogens (tertiary/aromatic N) is 4. The van der Waals surface area contributed by atoms with Gasteiger partial charge in [0, 0.05) is 30.0 Å². The average molecular weight is 309 g/mol. The molecule has 2 heterocycles. The van der Waals surface area contributed by atoms with Crippen LogP contribution in [0.15, 0.2) is 20.9 Å². The van der Waals surface area contributed by atoms with Crippen LogP contribution in [0.5, 0.6) is 0 Å². The number of carbonyl (C=O) groups is 1. The van der Waals surface area contributed by atoms with Crippen LogP contribution in [-0.4, -0.2) is 34.3 Å². The second kappa shape index (κ2) is 6.46. The van der Waals surface area contributed by atoms with Gasteiger partial charge in [0.25, 0.3) is 5.56 Å². The first-order chi connectivity index (χ1) is 10.4. The third-order valence-electron chi connectivity index (χ3n) is 3.31. The molecule has 0 saturated carbocycles. The number of aromatic nitrogens is 2. The molecule has 10 heteroatoms. The van der Waals surface area contributed by atoms with E-state index in [1.54, 1.807) is 6.92 Å². The molecular weight excluding hydrogens is 294 g/mol. The van der Waals surface area contributed by atoms with Crippen molar-refractivity contribution in [3.63, 3.8) is 0 Å². The first-order valence-electron chi connectivity index (χ1n) is 6.57. The van der Waals surface area contributed by atoms with Crippen LogP contribution in [0, 0.1) is 6.92 Å². The summed E-state index contributed by atoms with van der Waals surface area (Å²) in [6.07, 6.45) is 0.261. The standard InChI is InChI=1S/C12H15N5O5/c1-6-4-17(12(20)14-11(6)19)10-3-8(15-16-13)9(22-10)5-21-7(2)18/h4,8-10H,3,5H2,1-2H3,(H,14,19,20)/t8-,9+,10+/m0/s1. The summed E-state index contributed by atoms with van der Waals surface area (Å²) in [5, 5.41) is 3.61. The molecule has 1 aromatic heterocycles. The minimum absolute atomic E-state index is 0.0768. The van der Waals surface area contributed by atoms with Crippen LogP contribution in [0.2, 0.25) is 0 Å². The Balaban J connectivity index is 2.25. The number of H-pyrrole nitrogens is 1. The van der Waals surface area contributed by atoms with Gasteiger partial charge in [0.05, 0.1) is 6.04 Å². The number of aryl methyl sites for hydroxylation is 1. The Morgan fingerprint density at radius 3 is 3.00 bits per heavy atom. The van der Waals surface area contributed by atoms with Crippen molar-refractivity contribution in [2.24, 2.45) is 5.11 Å². The first kappa shape index (κ1) is 15.8. The van der Waals surface area contributed by atoms with E-state index in [1.165, 1.54) is 17.7 Å². The third-order valence-corrected chi connectivity index (χ3v) is 3.31. The number of carbonyl (C=O) groups excluding carboxylic acids is 1. The number of hydrogen-bond acceptors (Lipinski definition) is 6. The number of ether oxygens (including phenoxy) is 2. The van der Waals surface area contributed by atoms with Gasteiger partial charge in [-0.1, -0.05) is 5.11 Å². The summed E-state index contributed by atoms with van der Waals surface area (Å²) in [7, 11) is 0. The van der Waals surface area contributed by atoms with Crippen molar-refractivity contribution in [3.05, 3.63) is 43.0 Å². The zero-order valence-electron chi connectivity index (χ0n) is 12.1. The lowest BCUT2D eigenvalue weighted by atomic mass is 10.1. The summed E-state index contributed by atoms with van der Waals surface area (Å²) in [5.74, 6) is -0.483. The molecule has 118 valence electrons. The van der Waals surface area contributed by atoms with E-state index in [0.29, 0.717) is 5.56 Å². The number of nitrogens with one attached hydrogen (secondary N) is 1. The van der Waals surface area contributed by atoms with Gasteiger partial charge in [0.2, 0.25) is 0 Å². The molecule has 22 heavy (non-hydrogen) atoms. The Kier molecular flexibility index (Phi) is 4.64. The van der Waals surface area contributed by atoms with E-state index in [0.717, 1.165) is 0 Å². The van der Waals surface area contributed by atoms with Crippen LogP contribution in [0.3, 0.4) is 0 Å². The largest absolute Gasteiger partial charge is 0.463 e. The fraction of sp³-hybridized carbons (Fsp3) is 0.583. The van der Waals surface area contributed by atoms with Crippen LogP contribution in [0.25, 0.3) is 10.4 Å². The van der Waals surface area contributed by atoms with E-state index in [1.807, 2.05) is 0 Å². The van der Waals surface area contributed by atoms with Gasteiger partial charge in [0.15, 0.2) is 0 Å². The molecule has 1 aliphatic heterocycles. The molecule has 1 aliphatic rings. The van der Waals surface area contributed by atoms with Gasteiger partial charge in [-0.2, -0.15) is 0 Å². The van der Waals surface area contributed by atoms with Crippen molar-refractivity contribution < 1.29 is 14.3 Å². The SMILES string of the molecule is CC(=O)OC[C@H]1O[C@@H](n2cc(C)c(=O)[nH]c2=O)C[C@@H]1N=[N+]=[N-]. The predicted molar refractivity (Wildman–Crippen MR) is 74.2 cm³/mol. The summed E-state index contributed by atoms with van der Waals surface area (Å²) in [6, 6.07) is -0.575. The Bertz CT molecular complexity index is 732. The van der Waals surface area contributed by atoms with E-state index in [4.69, 9.17) is 15.0 Å². The molecule has 0 radical (unpaired) electrons. The summed E-state index contributed by atoms with van der Waals surface area (Å²) in [4.78, 5) is 39.0. The monoisotopic (exact) mass is 309 g/mol. The van der Waals surface area contributed by atoms with E-state index < -0.39 is 35.6 Å². The van der Waals surface area contributed by atoms with Gasteiger partial charge >= 0.3 is 11.7 Å². The maximum Gasteiger partial charge on any atom is 0.330 e. The predicted octanol–water partition coefficient (Wildman–Crippen LogP) is 0.375. The highest BCUT2D eigenvalue weighted by molar-refractivity contribution is 5.65.